The van der Waals surface area contributed by atoms with Gasteiger partial charge >= 0.3 is 0 Å². The van der Waals surface area contributed by atoms with E-state index in [1.807, 2.05) is 0 Å². The van der Waals surface area contributed by atoms with Gasteiger partial charge in [0.15, 0.2) is 0 Å². The number of aliphatic hydroxyl groups is 2. The summed E-state index contributed by atoms with van der Waals surface area (Å²) in [6.45, 7) is 0.119. The molecule has 1 unspecified atom stereocenters. The highest BCUT2D eigenvalue weighted by atomic mass is 16.3. The molecule has 72 valence electrons. The molecule has 0 aromatic rings. The maximum Gasteiger partial charge on any atom is 0.0564 e. The molecule has 0 aromatic carbocycles. The van der Waals surface area contributed by atoms with E-state index < -0.39 is 0 Å². The van der Waals surface area contributed by atoms with E-state index in [1.54, 1.807) is 0 Å². The molecule has 1 atom stereocenters. The molecular formula is C10H20O2. The van der Waals surface area contributed by atoms with Crippen LogP contribution < -0.4 is 0 Å². The zero-order chi connectivity index (χ0) is 8.81. The first-order valence-electron chi connectivity index (χ1n) is 5.12. The van der Waals surface area contributed by atoms with Crippen LogP contribution >= 0.6 is 0 Å². The van der Waals surface area contributed by atoms with Gasteiger partial charge in [0.2, 0.25) is 0 Å². The molecule has 0 heterocycles. The molecule has 1 saturated carbocycles. The van der Waals surface area contributed by atoms with Gasteiger partial charge in [-0.3, -0.25) is 0 Å². The Morgan fingerprint density at radius 3 is 2.42 bits per heavy atom. The van der Waals surface area contributed by atoms with E-state index in [0.717, 1.165) is 12.3 Å². The third-order valence-electron chi connectivity index (χ3n) is 2.79. The topological polar surface area (TPSA) is 40.5 Å². The maximum atomic E-state index is 9.44. The summed E-state index contributed by atoms with van der Waals surface area (Å²) in [5.41, 5.74) is 0. The van der Waals surface area contributed by atoms with Crippen molar-refractivity contribution in [2.24, 2.45) is 5.92 Å². The van der Waals surface area contributed by atoms with E-state index in [0.29, 0.717) is 6.42 Å². The molecule has 2 heteroatoms. The third-order valence-corrected chi connectivity index (χ3v) is 2.79. The normalized spacial score (nSPS) is 22.5. The average molecular weight is 172 g/mol. The number of aliphatic hydroxyl groups excluding tert-OH is 2. The minimum Gasteiger partial charge on any atom is -0.396 e. The molecule has 0 amide bonds. The first-order valence-corrected chi connectivity index (χ1v) is 5.12. The molecule has 0 radical (unpaired) electrons. The van der Waals surface area contributed by atoms with Gasteiger partial charge in [0.1, 0.15) is 0 Å². The molecule has 1 fully saturated rings. The molecule has 0 bridgehead atoms. The van der Waals surface area contributed by atoms with Crippen LogP contribution in [0.15, 0.2) is 0 Å². The summed E-state index contributed by atoms with van der Waals surface area (Å²) in [5, 5.41) is 18.0. The summed E-state index contributed by atoms with van der Waals surface area (Å²) in [6.07, 6.45) is 7.78. The zero-order valence-electron chi connectivity index (χ0n) is 7.71. The Labute approximate surface area is 74.6 Å². The Morgan fingerprint density at radius 1 is 1.17 bits per heavy atom. The number of hydrogen-bond donors (Lipinski definition) is 2. The lowest BCUT2D eigenvalue weighted by atomic mass is 9.85. The Kier molecular flexibility index (Phi) is 4.62. The number of rotatable bonds is 4. The second-order valence-corrected chi connectivity index (χ2v) is 3.91. The van der Waals surface area contributed by atoms with E-state index in [9.17, 15) is 5.11 Å². The fourth-order valence-corrected chi connectivity index (χ4v) is 2.07. The standard InChI is InChI=1S/C10H20O2/c11-7-6-10(12)8-9-4-2-1-3-5-9/h9-12H,1-8H2. The second kappa shape index (κ2) is 5.55. The minimum absolute atomic E-state index is 0.119. The fraction of sp³-hybridized carbons (Fsp3) is 1.00. The first kappa shape index (κ1) is 10.0. The van der Waals surface area contributed by atoms with Gasteiger partial charge in [-0.25, -0.2) is 0 Å². The van der Waals surface area contributed by atoms with Crippen LogP contribution in [0.1, 0.15) is 44.9 Å². The van der Waals surface area contributed by atoms with Gasteiger partial charge in [0.05, 0.1) is 6.10 Å². The van der Waals surface area contributed by atoms with Gasteiger partial charge < -0.3 is 10.2 Å². The predicted molar refractivity (Wildman–Crippen MR) is 48.9 cm³/mol. The van der Waals surface area contributed by atoms with Crippen molar-refractivity contribution in [3.05, 3.63) is 0 Å². The van der Waals surface area contributed by atoms with Crippen LogP contribution in [-0.4, -0.2) is 22.9 Å². The molecule has 2 nitrogen and oxygen atoms in total. The molecule has 0 aliphatic heterocycles. The molecule has 0 aromatic heterocycles. The van der Waals surface area contributed by atoms with Crippen LogP contribution in [0.25, 0.3) is 0 Å². The van der Waals surface area contributed by atoms with Crippen molar-refractivity contribution in [1.82, 2.24) is 0 Å². The van der Waals surface area contributed by atoms with Crippen LogP contribution in [0.5, 0.6) is 0 Å². The summed E-state index contributed by atoms with van der Waals surface area (Å²) in [7, 11) is 0. The molecule has 1 rings (SSSR count). The summed E-state index contributed by atoms with van der Waals surface area (Å²) >= 11 is 0. The van der Waals surface area contributed by atoms with E-state index >= 15 is 0 Å². The Balaban J connectivity index is 2.11. The Hall–Kier alpha value is -0.0800. The first-order chi connectivity index (χ1) is 5.83. The second-order valence-electron chi connectivity index (χ2n) is 3.91. The molecule has 12 heavy (non-hydrogen) atoms. The monoisotopic (exact) mass is 172 g/mol. The van der Waals surface area contributed by atoms with Crippen molar-refractivity contribution in [3.63, 3.8) is 0 Å². The van der Waals surface area contributed by atoms with E-state index in [2.05, 4.69) is 0 Å². The quantitative estimate of drug-likeness (QED) is 0.677. The lowest BCUT2D eigenvalue weighted by Gasteiger charge is -2.23. The summed E-state index contributed by atoms with van der Waals surface area (Å²) in [6, 6.07) is 0. The van der Waals surface area contributed by atoms with Gasteiger partial charge in [-0.1, -0.05) is 32.1 Å². The Morgan fingerprint density at radius 2 is 1.83 bits per heavy atom. The fourth-order valence-electron chi connectivity index (χ4n) is 2.07. The van der Waals surface area contributed by atoms with Crippen LogP contribution in [0.3, 0.4) is 0 Å². The predicted octanol–water partition coefficient (Wildman–Crippen LogP) is 1.70. The SMILES string of the molecule is OCCC(O)CC1CCCCC1. The van der Waals surface area contributed by atoms with Crippen molar-refractivity contribution in [3.8, 4) is 0 Å². The lowest BCUT2D eigenvalue weighted by Crippen LogP contribution is -2.17. The Bertz CT molecular complexity index is 108. The zero-order valence-corrected chi connectivity index (χ0v) is 7.71. The van der Waals surface area contributed by atoms with Crippen molar-refractivity contribution in [1.29, 1.82) is 0 Å². The van der Waals surface area contributed by atoms with Gasteiger partial charge in [-0.15, -0.1) is 0 Å². The van der Waals surface area contributed by atoms with Crippen LogP contribution in [0.4, 0.5) is 0 Å². The highest BCUT2D eigenvalue weighted by Crippen LogP contribution is 2.27. The van der Waals surface area contributed by atoms with Gasteiger partial charge in [0, 0.05) is 6.61 Å². The van der Waals surface area contributed by atoms with Crippen molar-refractivity contribution in [2.45, 2.75) is 51.0 Å². The van der Waals surface area contributed by atoms with Crippen molar-refractivity contribution in [2.75, 3.05) is 6.61 Å². The van der Waals surface area contributed by atoms with Crippen molar-refractivity contribution < 1.29 is 10.2 Å². The summed E-state index contributed by atoms with van der Waals surface area (Å²) in [4.78, 5) is 0. The van der Waals surface area contributed by atoms with Gasteiger partial charge in [0.25, 0.3) is 0 Å². The van der Waals surface area contributed by atoms with Gasteiger partial charge in [-0.05, 0) is 18.8 Å². The van der Waals surface area contributed by atoms with Gasteiger partial charge in [-0.2, -0.15) is 0 Å². The lowest BCUT2D eigenvalue weighted by molar-refractivity contribution is 0.1000. The molecule has 2 N–H and O–H groups in total. The van der Waals surface area contributed by atoms with E-state index in [-0.39, 0.29) is 12.7 Å². The average Bonchev–Trinajstić information content (AvgIpc) is 2.06. The molecular weight excluding hydrogens is 152 g/mol. The third kappa shape index (κ3) is 3.55. The summed E-state index contributed by atoms with van der Waals surface area (Å²) < 4.78 is 0. The van der Waals surface area contributed by atoms with E-state index in [1.165, 1.54) is 32.1 Å². The maximum absolute atomic E-state index is 9.44. The van der Waals surface area contributed by atoms with Crippen LogP contribution in [0.2, 0.25) is 0 Å². The summed E-state index contributed by atoms with van der Waals surface area (Å²) in [5.74, 6) is 0.722. The van der Waals surface area contributed by atoms with Crippen LogP contribution in [0, 0.1) is 5.92 Å². The van der Waals surface area contributed by atoms with E-state index in [4.69, 9.17) is 5.11 Å². The number of hydrogen-bond acceptors (Lipinski definition) is 2. The highest BCUT2D eigenvalue weighted by molar-refractivity contribution is 4.69. The van der Waals surface area contributed by atoms with Crippen LogP contribution in [-0.2, 0) is 0 Å². The molecule has 0 saturated heterocycles. The molecule has 0 spiro atoms. The molecule has 1 aliphatic carbocycles. The van der Waals surface area contributed by atoms with Crippen molar-refractivity contribution >= 4 is 0 Å². The minimum atomic E-state index is -0.266. The largest absolute Gasteiger partial charge is 0.396 e. The smallest absolute Gasteiger partial charge is 0.0564 e. The highest BCUT2D eigenvalue weighted by Gasteiger charge is 2.16. The molecule has 1 aliphatic rings.